The maximum absolute atomic E-state index is 13.1. The highest BCUT2D eigenvalue weighted by molar-refractivity contribution is 7.47. The monoisotopic (exact) mass is 1460 g/mol. The van der Waals surface area contributed by atoms with E-state index in [-0.39, 0.29) is 25.7 Å². The van der Waals surface area contributed by atoms with Crippen molar-refractivity contribution in [2.75, 3.05) is 39.6 Å². The smallest absolute Gasteiger partial charge is 0.462 e. The van der Waals surface area contributed by atoms with Gasteiger partial charge in [-0.2, -0.15) is 0 Å². The van der Waals surface area contributed by atoms with Gasteiger partial charge in [0.25, 0.3) is 0 Å². The predicted octanol–water partition coefficient (Wildman–Crippen LogP) is 22.2. The Morgan fingerprint density at radius 3 is 0.902 bits per heavy atom. The zero-order valence-corrected chi connectivity index (χ0v) is 64.8. The number of unbranched alkanes of at least 4 members (excludes halogenated alkanes) is 16. The third kappa shape index (κ3) is 72.8. The molecule has 5 unspecified atom stereocenters. The molecule has 0 saturated carbocycles. The van der Waals surface area contributed by atoms with Gasteiger partial charge in [-0.25, -0.2) is 9.13 Å². The zero-order valence-electron chi connectivity index (χ0n) is 63.0. The van der Waals surface area contributed by atoms with E-state index >= 15 is 0 Å². The summed E-state index contributed by atoms with van der Waals surface area (Å²) in [6, 6.07) is 0. The Morgan fingerprint density at radius 2 is 0.549 bits per heavy atom. The minimum absolute atomic E-state index is 0.0286. The molecule has 0 rings (SSSR count). The Balaban J connectivity index is 5.42. The number of rotatable bonds is 70. The first-order valence-corrected chi connectivity index (χ1v) is 41.4. The van der Waals surface area contributed by atoms with E-state index in [1.54, 1.807) is 0 Å². The number of allylic oxidation sites excluding steroid dienone is 28. The van der Waals surface area contributed by atoms with Crippen LogP contribution in [0.1, 0.15) is 272 Å². The summed E-state index contributed by atoms with van der Waals surface area (Å²) in [6.45, 7) is 4.36. The highest BCUT2D eigenvalue weighted by Gasteiger charge is 2.30. The van der Waals surface area contributed by atoms with Crippen LogP contribution in [0.25, 0.3) is 0 Å². The molecule has 0 fully saturated rings. The molecular weight excluding hydrogens is 1330 g/mol. The quantitative estimate of drug-likeness (QED) is 0.0169. The topological polar surface area (TPSA) is 237 Å². The average Bonchev–Trinajstić information content (AvgIpc) is 0.928. The molecule has 0 aromatic heterocycles. The summed E-state index contributed by atoms with van der Waals surface area (Å²) >= 11 is 0. The molecule has 5 atom stereocenters. The lowest BCUT2D eigenvalue weighted by Crippen LogP contribution is -2.30. The molecule has 0 aliphatic rings. The summed E-state index contributed by atoms with van der Waals surface area (Å²) in [7, 11) is -10.00. The van der Waals surface area contributed by atoms with E-state index in [0.717, 1.165) is 180 Å². The molecule has 0 spiro atoms. The van der Waals surface area contributed by atoms with E-state index in [1.165, 1.54) is 6.42 Å². The molecule has 578 valence electrons. The molecule has 0 heterocycles. The van der Waals surface area contributed by atoms with Crippen LogP contribution in [-0.2, 0) is 65.4 Å². The molecule has 0 aliphatic carbocycles. The first-order valence-electron chi connectivity index (χ1n) is 38.4. The van der Waals surface area contributed by atoms with E-state index in [9.17, 15) is 43.2 Å². The summed E-state index contributed by atoms with van der Waals surface area (Å²) in [6.07, 6.45) is 86.5. The lowest BCUT2D eigenvalue weighted by Gasteiger charge is -2.21. The molecular formula is C83H134O17P2. The average molecular weight is 1470 g/mol. The Kier molecular flexibility index (Phi) is 69.7. The van der Waals surface area contributed by atoms with E-state index in [2.05, 4.69) is 180 Å². The van der Waals surface area contributed by atoms with Crippen molar-refractivity contribution in [2.45, 2.75) is 290 Å². The third-order valence-corrected chi connectivity index (χ3v) is 17.0. The van der Waals surface area contributed by atoms with Crippen molar-refractivity contribution < 1.29 is 80.2 Å². The van der Waals surface area contributed by atoms with Crippen molar-refractivity contribution in [1.82, 2.24) is 0 Å². The molecule has 3 N–H and O–H groups in total. The number of ether oxygens (including phenoxy) is 4. The molecule has 19 heteroatoms. The van der Waals surface area contributed by atoms with Gasteiger partial charge in [0.15, 0.2) is 12.2 Å². The van der Waals surface area contributed by atoms with Gasteiger partial charge in [-0.15, -0.1) is 0 Å². The highest BCUT2D eigenvalue weighted by Crippen LogP contribution is 2.45. The van der Waals surface area contributed by atoms with Crippen LogP contribution in [0.15, 0.2) is 170 Å². The van der Waals surface area contributed by atoms with Crippen LogP contribution in [0.3, 0.4) is 0 Å². The van der Waals surface area contributed by atoms with E-state index < -0.39 is 97.5 Å². The van der Waals surface area contributed by atoms with Gasteiger partial charge in [-0.1, -0.05) is 262 Å². The van der Waals surface area contributed by atoms with E-state index in [0.29, 0.717) is 32.1 Å². The second kappa shape index (κ2) is 73.7. The van der Waals surface area contributed by atoms with Crippen molar-refractivity contribution in [3.05, 3.63) is 170 Å². The van der Waals surface area contributed by atoms with Gasteiger partial charge in [0.2, 0.25) is 0 Å². The van der Waals surface area contributed by atoms with Crippen molar-refractivity contribution in [3.8, 4) is 0 Å². The Morgan fingerprint density at radius 1 is 0.284 bits per heavy atom. The fourth-order valence-corrected chi connectivity index (χ4v) is 10.9. The van der Waals surface area contributed by atoms with Crippen molar-refractivity contribution >= 4 is 39.5 Å². The first kappa shape index (κ1) is 96.4. The van der Waals surface area contributed by atoms with Gasteiger partial charge in [-0.3, -0.25) is 37.3 Å². The molecule has 0 aliphatic heterocycles. The summed E-state index contributed by atoms with van der Waals surface area (Å²) in [5.41, 5.74) is 0. The maximum atomic E-state index is 13.1. The number of carbonyl (C=O) groups is 4. The number of phosphoric acid groups is 2. The molecule has 17 nitrogen and oxygen atoms in total. The van der Waals surface area contributed by atoms with Crippen LogP contribution in [-0.4, -0.2) is 96.7 Å². The molecule has 0 aromatic carbocycles. The Bertz CT molecular complexity index is 2600. The van der Waals surface area contributed by atoms with Gasteiger partial charge in [0.05, 0.1) is 26.4 Å². The molecule has 0 radical (unpaired) electrons. The Labute approximate surface area is 616 Å². The summed E-state index contributed by atoms with van der Waals surface area (Å²) in [5.74, 6) is -2.35. The second-order valence-electron chi connectivity index (χ2n) is 24.8. The minimum Gasteiger partial charge on any atom is -0.462 e. The van der Waals surface area contributed by atoms with Crippen LogP contribution in [0.5, 0.6) is 0 Å². The zero-order chi connectivity index (χ0) is 74.6. The normalized spacial score (nSPS) is 14.9. The lowest BCUT2D eigenvalue weighted by atomic mass is 10.1. The van der Waals surface area contributed by atoms with Crippen LogP contribution >= 0.6 is 15.6 Å². The fourth-order valence-electron chi connectivity index (χ4n) is 9.35. The van der Waals surface area contributed by atoms with Crippen LogP contribution < -0.4 is 0 Å². The number of carbonyl (C=O) groups excluding carboxylic acids is 4. The highest BCUT2D eigenvalue weighted by atomic mass is 31.2. The van der Waals surface area contributed by atoms with Gasteiger partial charge < -0.3 is 33.8 Å². The molecule has 0 aromatic rings. The van der Waals surface area contributed by atoms with Crippen LogP contribution in [0.4, 0.5) is 0 Å². The SMILES string of the molecule is CC/C=C\C/C=C\C/C=C\C/C=C\C/C=C\C/C=C\CCC(=O)OCC(COP(=O)(O)OCC(O)COP(=O)(O)OCC(COC(=O)CCCCC/C=C\C/C=C\C/C=C\C/C=C\C/C=C\CC)OC(=O)CCCCCCC/C=C\C/C=C\CCC)OC(=O)CCCCCCC/C=C\CCCC. The lowest BCUT2D eigenvalue weighted by molar-refractivity contribution is -0.161. The predicted molar refractivity (Wildman–Crippen MR) is 417 cm³/mol. The molecule has 0 amide bonds. The molecule has 0 saturated heterocycles. The van der Waals surface area contributed by atoms with Crippen LogP contribution in [0.2, 0.25) is 0 Å². The standard InChI is InChI=1S/C83H134O17P2/c1-5-9-13-17-21-25-29-32-34-36-38-40-42-45-48-51-55-59-63-67-80(85)93-73-78(99-82(87)69-65-61-57-53-47-28-24-20-16-12-8-4)75-97-101(89,90)95-71-77(84)72-96-102(91,92)98-76-79(100-83(88)70-66-62-58-54-50-44-31-27-23-19-15-11-7-3)74-94-81(86)68-64-60-56-52-49-46-43-41-39-37-35-33-30-26-22-18-14-10-6-2/h9-10,13-15,19-22,24-27,31-35,38-41,45-46,48-49,55,59,77-79,84H,5-8,11-12,16-18,23,28-30,36-37,42-44,47,50-54,56-58,60-76H2,1-4H3,(H,89,90)(H,91,92)/b13-9-,14-10-,19-15-,24-20-,25-21-,26-22-,31-27-,34-32-,35-33-,40-38-,41-39-,48-45-,49-46-,59-55-. The van der Waals surface area contributed by atoms with Gasteiger partial charge in [-0.05, 0) is 154 Å². The third-order valence-electron chi connectivity index (χ3n) is 15.1. The fraction of sp³-hybridized carbons (Fsp3) is 0.614. The van der Waals surface area contributed by atoms with Gasteiger partial charge in [0, 0.05) is 25.7 Å². The Hall–Kier alpha value is -5.58. The van der Waals surface area contributed by atoms with Crippen LogP contribution in [0, 0.1) is 0 Å². The second-order valence-corrected chi connectivity index (χ2v) is 27.7. The maximum Gasteiger partial charge on any atom is 0.472 e. The molecule has 0 bridgehead atoms. The number of aliphatic hydroxyl groups is 1. The van der Waals surface area contributed by atoms with E-state index in [4.69, 9.17) is 37.0 Å². The van der Waals surface area contributed by atoms with Crippen molar-refractivity contribution in [2.24, 2.45) is 0 Å². The number of aliphatic hydroxyl groups excluding tert-OH is 1. The molecule has 102 heavy (non-hydrogen) atoms. The van der Waals surface area contributed by atoms with E-state index in [1.807, 2.05) is 18.2 Å². The summed E-state index contributed by atoms with van der Waals surface area (Å²) < 4.78 is 68.3. The summed E-state index contributed by atoms with van der Waals surface area (Å²) in [4.78, 5) is 72.8. The largest absolute Gasteiger partial charge is 0.472 e. The number of hydrogen-bond donors (Lipinski definition) is 3. The number of phosphoric ester groups is 2. The van der Waals surface area contributed by atoms with Gasteiger partial charge >= 0.3 is 39.5 Å². The van der Waals surface area contributed by atoms with Crippen molar-refractivity contribution in [3.63, 3.8) is 0 Å². The van der Waals surface area contributed by atoms with Crippen molar-refractivity contribution in [1.29, 1.82) is 0 Å². The number of hydrogen-bond acceptors (Lipinski definition) is 15. The number of esters is 4. The summed E-state index contributed by atoms with van der Waals surface area (Å²) in [5, 5.41) is 10.6. The van der Waals surface area contributed by atoms with Gasteiger partial charge in [0.1, 0.15) is 19.3 Å². The first-order chi connectivity index (χ1) is 49.7. The minimum atomic E-state index is -5.00.